The van der Waals surface area contributed by atoms with E-state index in [9.17, 15) is 22.8 Å². The summed E-state index contributed by atoms with van der Waals surface area (Å²) >= 11 is 0. The molecule has 0 unspecified atom stereocenters. The van der Waals surface area contributed by atoms with Crippen molar-refractivity contribution in [1.29, 1.82) is 0 Å². The zero-order chi connectivity index (χ0) is 27.6. The van der Waals surface area contributed by atoms with Crippen LogP contribution >= 0.6 is 0 Å². The number of alkyl halides is 3. The van der Waals surface area contributed by atoms with Crippen LogP contribution < -0.4 is 15.5 Å². The molecule has 8 nitrogen and oxygen atoms in total. The van der Waals surface area contributed by atoms with E-state index in [0.29, 0.717) is 29.3 Å². The molecule has 0 spiro atoms. The minimum absolute atomic E-state index is 0.0963. The average Bonchev–Trinajstić information content (AvgIpc) is 3.31. The lowest BCUT2D eigenvalue weighted by Crippen LogP contribution is -2.17. The third-order valence-corrected chi connectivity index (χ3v) is 5.99. The van der Waals surface area contributed by atoms with E-state index in [1.165, 1.54) is 18.1 Å². The van der Waals surface area contributed by atoms with Gasteiger partial charge < -0.3 is 25.3 Å². The second kappa shape index (κ2) is 10.4. The fourth-order valence-electron chi connectivity index (χ4n) is 3.84. The molecule has 2 aromatic carbocycles. The lowest BCUT2D eigenvalue weighted by atomic mass is 10.1. The first kappa shape index (κ1) is 26.5. The number of benzene rings is 2. The molecule has 198 valence electrons. The number of halogens is 3. The topological polar surface area (TPSA) is 99.3 Å². The van der Waals surface area contributed by atoms with Crippen molar-refractivity contribution in [3.8, 4) is 0 Å². The molecule has 0 radical (unpaired) electrons. The van der Waals surface area contributed by atoms with Crippen LogP contribution in [0.15, 0.2) is 54.7 Å². The van der Waals surface area contributed by atoms with Gasteiger partial charge in [0, 0.05) is 43.0 Å². The third-order valence-electron chi connectivity index (χ3n) is 5.99. The van der Waals surface area contributed by atoms with Gasteiger partial charge in [0.15, 0.2) is 0 Å². The maximum absolute atomic E-state index is 13.4. The Kier molecular flexibility index (Phi) is 7.29. The van der Waals surface area contributed by atoms with Crippen molar-refractivity contribution in [1.82, 2.24) is 9.97 Å². The summed E-state index contributed by atoms with van der Waals surface area (Å²) in [6, 6.07) is 12.0. The SMILES string of the molecule is COC(=O)c1cc2cc(NCc3cc(NC(=O)c4cc(N(C)C)cc(C(F)(F)F)c4)ccc3C)cnc2[nH]1. The third kappa shape index (κ3) is 5.88. The van der Waals surface area contributed by atoms with Crippen molar-refractivity contribution >= 4 is 40.0 Å². The first-order valence-corrected chi connectivity index (χ1v) is 11.6. The molecule has 0 saturated carbocycles. The number of amides is 1. The summed E-state index contributed by atoms with van der Waals surface area (Å²) in [4.78, 5) is 33.4. The molecular formula is C27H26F3N5O3. The Bertz CT molecular complexity index is 1510. The molecule has 2 heterocycles. The lowest BCUT2D eigenvalue weighted by molar-refractivity contribution is -0.137. The molecule has 2 aromatic heterocycles. The van der Waals surface area contributed by atoms with Gasteiger partial charge in [0.2, 0.25) is 0 Å². The van der Waals surface area contributed by atoms with Gasteiger partial charge in [-0.3, -0.25) is 4.79 Å². The summed E-state index contributed by atoms with van der Waals surface area (Å²) in [5.74, 6) is -1.14. The maximum Gasteiger partial charge on any atom is 0.416 e. The number of fused-ring (bicyclic) bond motifs is 1. The Hall–Kier alpha value is -4.54. The van der Waals surface area contributed by atoms with Crippen LogP contribution in [0, 0.1) is 6.92 Å². The fraction of sp³-hybridized carbons (Fsp3) is 0.222. The summed E-state index contributed by atoms with van der Waals surface area (Å²) in [5, 5.41) is 6.69. The summed E-state index contributed by atoms with van der Waals surface area (Å²) in [7, 11) is 4.52. The largest absolute Gasteiger partial charge is 0.464 e. The van der Waals surface area contributed by atoms with Gasteiger partial charge in [-0.15, -0.1) is 0 Å². The van der Waals surface area contributed by atoms with E-state index < -0.39 is 23.6 Å². The number of methoxy groups -OCH3 is 1. The number of carbonyl (C=O) groups excluding carboxylic acids is 2. The van der Waals surface area contributed by atoms with Crippen molar-refractivity contribution in [3.05, 3.63) is 82.7 Å². The van der Waals surface area contributed by atoms with E-state index in [1.807, 2.05) is 19.1 Å². The molecule has 1 amide bonds. The minimum atomic E-state index is -4.58. The van der Waals surface area contributed by atoms with Gasteiger partial charge in [-0.25, -0.2) is 9.78 Å². The Morgan fingerprint density at radius 2 is 1.82 bits per heavy atom. The minimum Gasteiger partial charge on any atom is -0.464 e. The number of rotatable bonds is 7. The molecule has 0 aliphatic carbocycles. The number of aryl methyl sites for hydroxylation is 1. The van der Waals surface area contributed by atoms with Crippen LogP contribution in [0.1, 0.15) is 37.5 Å². The van der Waals surface area contributed by atoms with Gasteiger partial charge in [-0.1, -0.05) is 6.07 Å². The Balaban J connectivity index is 1.51. The van der Waals surface area contributed by atoms with Crippen molar-refractivity contribution in [2.24, 2.45) is 0 Å². The van der Waals surface area contributed by atoms with E-state index >= 15 is 0 Å². The number of hydrogen-bond acceptors (Lipinski definition) is 6. The number of carbonyl (C=O) groups is 2. The Labute approximate surface area is 216 Å². The molecular weight excluding hydrogens is 499 g/mol. The zero-order valence-corrected chi connectivity index (χ0v) is 21.2. The van der Waals surface area contributed by atoms with E-state index in [-0.39, 0.29) is 11.3 Å². The monoisotopic (exact) mass is 525 g/mol. The molecule has 4 rings (SSSR count). The molecule has 4 aromatic rings. The van der Waals surface area contributed by atoms with Crippen molar-refractivity contribution < 1.29 is 27.5 Å². The van der Waals surface area contributed by atoms with Crippen molar-refractivity contribution in [2.75, 3.05) is 36.7 Å². The lowest BCUT2D eigenvalue weighted by Gasteiger charge is -2.17. The number of aromatic nitrogens is 2. The highest BCUT2D eigenvalue weighted by atomic mass is 19.4. The van der Waals surface area contributed by atoms with E-state index in [4.69, 9.17) is 4.74 Å². The van der Waals surface area contributed by atoms with Crippen LogP contribution in [-0.4, -0.2) is 43.0 Å². The van der Waals surface area contributed by atoms with Gasteiger partial charge in [-0.05, 0) is 60.5 Å². The van der Waals surface area contributed by atoms with Crippen molar-refractivity contribution in [2.45, 2.75) is 19.6 Å². The summed E-state index contributed by atoms with van der Waals surface area (Å²) in [6.45, 7) is 2.31. The predicted molar refractivity (Wildman–Crippen MR) is 140 cm³/mol. The first-order chi connectivity index (χ1) is 17.9. The standard InChI is InChI=1S/C27H26F3N5O3/c1-15-5-6-20(33-25(36)17-7-19(27(28,29)30)12-22(10-17)35(2)3)9-18(15)13-31-21-8-16-11-23(26(37)38-4)34-24(16)32-14-21/h5-12,14,31H,13H2,1-4H3,(H,32,34)(H,33,36). The van der Waals surface area contributed by atoms with Crippen LogP contribution in [0.4, 0.5) is 30.2 Å². The van der Waals surface area contributed by atoms with E-state index in [0.717, 1.165) is 28.6 Å². The van der Waals surface area contributed by atoms with Gasteiger partial charge in [0.1, 0.15) is 11.3 Å². The van der Waals surface area contributed by atoms with Crippen LogP contribution in [0.2, 0.25) is 0 Å². The number of nitrogens with one attached hydrogen (secondary N) is 3. The average molecular weight is 526 g/mol. The summed E-state index contributed by atoms with van der Waals surface area (Å²) in [6.07, 6.45) is -2.96. The number of ether oxygens (including phenoxy) is 1. The number of esters is 1. The van der Waals surface area contributed by atoms with E-state index in [1.54, 1.807) is 38.5 Å². The number of aromatic amines is 1. The number of hydrogen-bond donors (Lipinski definition) is 3. The van der Waals surface area contributed by atoms with Crippen LogP contribution in [0.5, 0.6) is 0 Å². The number of H-pyrrole nitrogens is 1. The first-order valence-electron chi connectivity index (χ1n) is 11.6. The zero-order valence-electron chi connectivity index (χ0n) is 21.2. The molecule has 0 saturated heterocycles. The molecule has 0 atom stereocenters. The van der Waals surface area contributed by atoms with Crippen LogP contribution in [0.25, 0.3) is 11.0 Å². The second-order valence-electron chi connectivity index (χ2n) is 8.95. The summed E-state index contributed by atoms with van der Waals surface area (Å²) in [5.41, 5.74) is 3.10. The van der Waals surface area contributed by atoms with Gasteiger partial charge >= 0.3 is 12.1 Å². The van der Waals surface area contributed by atoms with Gasteiger partial charge in [-0.2, -0.15) is 13.2 Å². The molecule has 11 heteroatoms. The van der Waals surface area contributed by atoms with Gasteiger partial charge in [0.25, 0.3) is 5.91 Å². The maximum atomic E-state index is 13.4. The Morgan fingerprint density at radius 1 is 1.05 bits per heavy atom. The molecule has 0 aliphatic heterocycles. The molecule has 0 bridgehead atoms. The highest BCUT2D eigenvalue weighted by Gasteiger charge is 2.32. The van der Waals surface area contributed by atoms with Crippen LogP contribution in [0.3, 0.4) is 0 Å². The molecule has 0 aliphatic rings. The predicted octanol–water partition coefficient (Wildman–Crippen LogP) is 5.61. The molecule has 38 heavy (non-hydrogen) atoms. The number of pyridine rings is 1. The van der Waals surface area contributed by atoms with Gasteiger partial charge in [0.05, 0.1) is 24.6 Å². The van der Waals surface area contributed by atoms with Crippen molar-refractivity contribution in [3.63, 3.8) is 0 Å². The Morgan fingerprint density at radius 3 is 2.50 bits per heavy atom. The highest BCUT2D eigenvalue weighted by molar-refractivity contribution is 6.05. The molecule has 3 N–H and O–H groups in total. The van der Waals surface area contributed by atoms with Crippen LogP contribution in [-0.2, 0) is 17.5 Å². The second-order valence-corrected chi connectivity index (χ2v) is 8.95. The smallest absolute Gasteiger partial charge is 0.416 e. The molecule has 0 fully saturated rings. The normalized spacial score (nSPS) is 11.3. The van der Waals surface area contributed by atoms with E-state index in [2.05, 4.69) is 20.6 Å². The highest BCUT2D eigenvalue weighted by Crippen LogP contribution is 2.33. The quantitative estimate of drug-likeness (QED) is 0.272. The number of anilines is 3. The summed E-state index contributed by atoms with van der Waals surface area (Å²) < 4.78 is 44.9. The fourth-order valence-corrected chi connectivity index (χ4v) is 3.84. The number of nitrogens with zero attached hydrogens (tertiary/aromatic N) is 2.